The lowest BCUT2D eigenvalue weighted by Gasteiger charge is -2.12. The van der Waals surface area contributed by atoms with Gasteiger partial charge in [0.15, 0.2) is 5.71 Å². The van der Waals surface area contributed by atoms with Crippen molar-refractivity contribution in [2.75, 3.05) is 20.3 Å². The third-order valence-corrected chi connectivity index (χ3v) is 2.87. The summed E-state index contributed by atoms with van der Waals surface area (Å²) < 4.78 is 5.82. The second-order valence-corrected chi connectivity index (χ2v) is 4.54. The molecule has 0 bridgehead atoms. The van der Waals surface area contributed by atoms with Crippen molar-refractivity contribution in [2.24, 2.45) is 5.16 Å². The number of rotatable bonds is 8. The van der Waals surface area contributed by atoms with Crippen molar-refractivity contribution in [2.45, 2.75) is 0 Å². The van der Waals surface area contributed by atoms with Gasteiger partial charge in [-0.15, -0.1) is 0 Å². The first-order chi connectivity index (χ1) is 11.8. The number of hydrogen-bond acceptors (Lipinski definition) is 6. The molecule has 0 aliphatic heterocycles. The average molecular weight is 330 g/mol. The van der Waals surface area contributed by atoms with Gasteiger partial charge in [0, 0.05) is 0 Å². The van der Waals surface area contributed by atoms with Crippen LogP contribution < -0.4 is 10.2 Å². The third kappa shape index (κ3) is 4.80. The number of amides is 1. The van der Waals surface area contributed by atoms with Gasteiger partial charge in [-0.05, 0) is 24.3 Å². The number of para-hydroxylation sites is 2. The molecule has 0 radical (unpaired) electrons. The largest absolute Gasteiger partial charge is 0.457 e. The second kappa shape index (κ2) is 9.29. The minimum absolute atomic E-state index is 0.0121. The van der Waals surface area contributed by atoms with Gasteiger partial charge in [-0.2, -0.15) is 0 Å². The van der Waals surface area contributed by atoms with Crippen molar-refractivity contribution < 1.29 is 24.3 Å². The molecule has 0 spiro atoms. The van der Waals surface area contributed by atoms with Crippen molar-refractivity contribution in [3.63, 3.8) is 0 Å². The molecule has 2 aromatic carbocycles. The van der Waals surface area contributed by atoms with Gasteiger partial charge in [0.1, 0.15) is 18.6 Å². The fraction of sp³-hybridized carbons (Fsp3) is 0.176. The van der Waals surface area contributed by atoms with E-state index in [4.69, 9.17) is 19.5 Å². The molecule has 7 heteroatoms. The number of aliphatic hydroxyl groups excluding tert-OH is 1. The number of nitrogens with one attached hydrogen (secondary N) is 1. The van der Waals surface area contributed by atoms with Gasteiger partial charge in [-0.25, -0.2) is 5.48 Å². The van der Waals surface area contributed by atoms with E-state index in [9.17, 15) is 4.79 Å². The highest BCUT2D eigenvalue weighted by atomic mass is 16.7. The quantitative estimate of drug-likeness (QED) is 0.438. The van der Waals surface area contributed by atoms with E-state index in [0.29, 0.717) is 17.1 Å². The first kappa shape index (κ1) is 17.5. The minimum atomic E-state index is -0.616. The van der Waals surface area contributed by atoms with Gasteiger partial charge in [-0.3, -0.25) is 9.63 Å². The van der Waals surface area contributed by atoms with Crippen molar-refractivity contribution in [1.82, 2.24) is 5.48 Å². The van der Waals surface area contributed by atoms with E-state index in [0.717, 1.165) is 0 Å². The predicted molar refractivity (Wildman–Crippen MR) is 87.7 cm³/mol. The molecule has 1 amide bonds. The molecule has 0 saturated heterocycles. The lowest BCUT2D eigenvalue weighted by atomic mass is 10.1. The van der Waals surface area contributed by atoms with Gasteiger partial charge in [0.25, 0.3) is 5.91 Å². The molecular weight excluding hydrogens is 312 g/mol. The molecule has 0 aromatic heterocycles. The highest BCUT2D eigenvalue weighted by Gasteiger charge is 2.20. The standard InChI is InChI=1S/C17H18N2O5/c1-22-18-16(17(21)19-23-12-11-20)14-9-5-6-10-15(14)24-13-7-3-2-4-8-13/h2-10,20H,11-12H2,1H3,(H,19,21)/b18-16-. The SMILES string of the molecule is CO/N=C(\C(=O)NOCCO)c1ccccc1Oc1ccccc1. The minimum Gasteiger partial charge on any atom is -0.457 e. The van der Waals surface area contributed by atoms with E-state index in [1.54, 1.807) is 36.4 Å². The lowest BCUT2D eigenvalue weighted by Crippen LogP contribution is -2.33. The molecule has 0 unspecified atom stereocenters. The number of carbonyl (C=O) groups is 1. The first-order valence-electron chi connectivity index (χ1n) is 7.22. The zero-order valence-corrected chi connectivity index (χ0v) is 13.1. The third-order valence-electron chi connectivity index (χ3n) is 2.87. The Kier molecular flexibility index (Phi) is 6.75. The highest BCUT2D eigenvalue weighted by molar-refractivity contribution is 6.45. The Morgan fingerprint density at radius 1 is 1.12 bits per heavy atom. The Morgan fingerprint density at radius 2 is 1.83 bits per heavy atom. The second-order valence-electron chi connectivity index (χ2n) is 4.54. The van der Waals surface area contributed by atoms with Crippen molar-refractivity contribution in [1.29, 1.82) is 0 Å². The summed E-state index contributed by atoms with van der Waals surface area (Å²) in [6.45, 7) is -0.251. The monoisotopic (exact) mass is 330 g/mol. The van der Waals surface area contributed by atoms with E-state index in [-0.39, 0.29) is 18.9 Å². The molecule has 7 nitrogen and oxygen atoms in total. The molecule has 0 aliphatic carbocycles. The van der Waals surface area contributed by atoms with Crippen LogP contribution in [0.15, 0.2) is 59.8 Å². The fourth-order valence-corrected chi connectivity index (χ4v) is 1.88. The zero-order valence-electron chi connectivity index (χ0n) is 13.1. The molecule has 0 heterocycles. The summed E-state index contributed by atoms with van der Waals surface area (Å²) in [6.07, 6.45) is 0. The lowest BCUT2D eigenvalue weighted by molar-refractivity contribution is -0.127. The number of hydrogen-bond donors (Lipinski definition) is 2. The van der Waals surface area contributed by atoms with E-state index >= 15 is 0 Å². The van der Waals surface area contributed by atoms with Gasteiger partial charge < -0.3 is 14.7 Å². The van der Waals surface area contributed by atoms with E-state index in [1.165, 1.54) is 7.11 Å². The Hall–Kier alpha value is -2.90. The summed E-state index contributed by atoms with van der Waals surface area (Å²) in [4.78, 5) is 21.8. The summed E-state index contributed by atoms with van der Waals surface area (Å²) in [5.74, 6) is 0.449. The Bertz CT molecular complexity index is 688. The number of nitrogens with zero attached hydrogens (tertiary/aromatic N) is 1. The summed E-state index contributed by atoms with van der Waals surface area (Å²) in [6, 6.07) is 16.1. The van der Waals surface area contributed by atoms with Gasteiger partial charge in [-0.1, -0.05) is 35.5 Å². The zero-order chi connectivity index (χ0) is 17.2. The van der Waals surface area contributed by atoms with Crippen LogP contribution in [0.5, 0.6) is 11.5 Å². The van der Waals surface area contributed by atoms with Gasteiger partial charge >= 0.3 is 0 Å². The number of ether oxygens (including phenoxy) is 1. The normalized spacial score (nSPS) is 11.0. The van der Waals surface area contributed by atoms with E-state index < -0.39 is 5.91 Å². The van der Waals surface area contributed by atoms with Crippen LogP contribution in [0.1, 0.15) is 5.56 Å². The molecule has 0 atom stereocenters. The first-order valence-corrected chi connectivity index (χ1v) is 7.22. The van der Waals surface area contributed by atoms with Crippen LogP contribution in [0.4, 0.5) is 0 Å². The van der Waals surface area contributed by atoms with Crippen LogP contribution in [0.2, 0.25) is 0 Å². The van der Waals surface area contributed by atoms with Crippen molar-refractivity contribution >= 4 is 11.6 Å². The van der Waals surface area contributed by atoms with Gasteiger partial charge in [0.2, 0.25) is 0 Å². The Balaban J connectivity index is 2.27. The number of aliphatic hydroxyl groups is 1. The van der Waals surface area contributed by atoms with Crippen LogP contribution in [-0.4, -0.2) is 37.0 Å². The summed E-state index contributed by atoms with van der Waals surface area (Å²) in [5, 5.41) is 12.5. The maximum Gasteiger partial charge on any atom is 0.297 e. The molecular formula is C17H18N2O5. The van der Waals surface area contributed by atoms with Crippen LogP contribution in [0, 0.1) is 0 Å². The smallest absolute Gasteiger partial charge is 0.297 e. The predicted octanol–water partition coefficient (Wildman–Crippen LogP) is 1.87. The number of carbonyl (C=O) groups excluding carboxylic acids is 1. The molecule has 0 fully saturated rings. The maximum atomic E-state index is 12.2. The topological polar surface area (TPSA) is 89.4 Å². The Labute approximate surface area is 139 Å². The number of benzene rings is 2. The van der Waals surface area contributed by atoms with Gasteiger partial charge in [0.05, 0.1) is 18.8 Å². The molecule has 2 N–H and O–H groups in total. The number of oxime groups is 1. The number of hydroxylamine groups is 1. The van der Waals surface area contributed by atoms with Crippen molar-refractivity contribution in [3.8, 4) is 11.5 Å². The molecule has 2 rings (SSSR count). The van der Waals surface area contributed by atoms with E-state index in [1.807, 2.05) is 18.2 Å². The van der Waals surface area contributed by atoms with Crippen molar-refractivity contribution in [3.05, 3.63) is 60.2 Å². The average Bonchev–Trinajstić information content (AvgIpc) is 2.61. The highest BCUT2D eigenvalue weighted by Crippen LogP contribution is 2.25. The molecule has 0 saturated carbocycles. The molecule has 0 aliphatic rings. The molecule has 2 aromatic rings. The summed E-state index contributed by atoms with van der Waals surface area (Å²) in [7, 11) is 1.34. The van der Waals surface area contributed by atoms with E-state index in [2.05, 4.69) is 10.6 Å². The maximum absolute atomic E-state index is 12.2. The Morgan fingerprint density at radius 3 is 2.54 bits per heavy atom. The van der Waals surface area contributed by atoms with Crippen LogP contribution >= 0.6 is 0 Å². The summed E-state index contributed by atoms with van der Waals surface area (Å²) >= 11 is 0. The van der Waals surface area contributed by atoms with Crippen LogP contribution in [-0.2, 0) is 14.5 Å². The molecule has 126 valence electrons. The molecule has 24 heavy (non-hydrogen) atoms. The van der Waals surface area contributed by atoms with Crippen LogP contribution in [0.3, 0.4) is 0 Å². The van der Waals surface area contributed by atoms with Crippen LogP contribution in [0.25, 0.3) is 0 Å². The fourth-order valence-electron chi connectivity index (χ4n) is 1.88. The summed E-state index contributed by atoms with van der Waals surface area (Å²) in [5.41, 5.74) is 2.62.